The topological polar surface area (TPSA) is 68.2 Å². The Morgan fingerprint density at radius 2 is 1.88 bits per heavy atom. The molecule has 0 aliphatic carbocycles. The number of hydrogen-bond acceptors (Lipinski definition) is 5. The van der Waals surface area contributed by atoms with Gasteiger partial charge in [-0.05, 0) is 29.8 Å². The third-order valence-corrected chi connectivity index (χ3v) is 5.12. The van der Waals surface area contributed by atoms with E-state index in [0.29, 0.717) is 11.1 Å². The smallest absolute Gasteiger partial charge is 0.387 e. The monoisotopic (exact) mass is 384 g/mol. The summed E-state index contributed by atoms with van der Waals surface area (Å²) < 4.78 is 54.4. The van der Waals surface area contributed by atoms with Gasteiger partial charge in [0.25, 0.3) is 0 Å². The molecule has 0 atom stereocenters. The number of sulfonamides is 1. The van der Waals surface area contributed by atoms with Gasteiger partial charge >= 0.3 is 6.61 Å². The van der Waals surface area contributed by atoms with Gasteiger partial charge < -0.3 is 9.57 Å². The Morgan fingerprint density at radius 1 is 1.15 bits per heavy atom. The molecule has 9 heteroatoms. The summed E-state index contributed by atoms with van der Waals surface area (Å²) in [6.45, 7) is -2.92. The quantitative estimate of drug-likeness (QED) is 0.518. The van der Waals surface area contributed by atoms with Crippen LogP contribution in [-0.2, 0) is 21.5 Å². The first kappa shape index (κ1) is 19.8. The highest BCUT2D eigenvalue weighted by molar-refractivity contribution is 7.89. The molecule has 0 unspecified atom stereocenters. The van der Waals surface area contributed by atoms with Gasteiger partial charge in [-0.2, -0.15) is 8.78 Å². The van der Waals surface area contributed by atoms with E-state index in [1.54, 1.807) is 30.3 Å². The lowest BCUT2D eigenvalue weighted by atomic mass is 10.2. The highest BCUT2D eigenvalue weighted by atomic mass is 32.2. The lowest BCUT2D eigenvalue weighted by Crippen LogP contribution is -2.22. The molecule has 2 aromatic rings. The van der Waals surface area contributed by atoms with Gasteiger partial charge in [-0.15, -0.1) is 0 Å². The third kappa shape index (κ3) is 5.24. The maximum absolute atomic E-state index is 12.4. The Kier molecular flexibility index (Phi) is 6.64. The first-order valence-corrected chi connectivity index (χ1v) is 8.95. The number of rotatable bonds is 8. The molecule has 0 spiro atoms. The van der Waals surface area contributed by atoms with Crippen LogP contribution in [0.25, 0.3) is 0 Å². The molecular formula is C17H18F2N2O4S. The summed E-state index contributed by atoms with van der Waals surface area (Å²) in [5.41, 5.74) is 0.930. The van der Waals surface area contributed by atoms with Crippen LogP contribution >= 0.6 is 0 Å². The van der Waals surface area contributed by atoms with Gasteiger partial charge in [0.1, 0.15) is 12.4 Å². The third-order valence-electron chi connectivity index (χ3n) is 3.31. The fourth-order valence-corrected chi connectivity index (χ4v) is 2.98. The molecule has 0 radical (unpaired) electrons. The minimum absolute atomic E-state index is 0.0190. The molecule has 2 rings (SSSR count). The largest absolute Gasteiger partial charge is 0.434 e. The van der Waals surface area contributed by atoms with Crippen molar-refractivity contribution in [1.29, 1.82) is 0 Å². The highest BCUT2D eigenvalue weighted by Gasteiger charge is 2.17. The number of oxime groups is 1. The van der Waals surface area contributed by atoms with Crippen molar-refractivity contribution in [2.75, 3.05) is 14.1 Å². The molecule has 0 amide bonds. The van der Waals surface area contributed by atoms with Crippen LogP contribution in [-0.4, -0.2) is 39.6 Å². The van der Waals surface area contributed by atoms with Gasteiger partial charge in [-0.3, -0.25) is 0 Å². The Hall–Kier alpha value is -2.52. The molecule has 26 heavy (non-hydrogen) atoms. The van der Waals surface area contributed by atoms with E-state index in [-0.39, 0.29) is 17.3 Å². The van der Waals surface area contributed by atoms with E-state index in [1.807, 2.05) is 0 Å². The summed E-state index contributed by atoms with van der Waals surface area (Å²) >= 11 is 0. The molecular weight excluding hydrogens is 366 g/mol. The summed E-state index contributed by atoms with van der Waals surface area (Å²) in [6, 6.07) is 12.4. The number of ether oxygens (including phenoxy) is 1. The molecule has 0 saturated carbocycles. The molecule has 0 aromatic heterocycles. The summed E-state index contributed by atoms with van der Waals surface area (Å²) in [5.74, 6) is -0.0195. The minimum atomic E-state index is -3.54. The van der Waals surface area contributed by atoms with Gasteiger partial charge in [0.05, 0.1) is 11.1 Å². The molecule has 0 aliphatic rings. The fourth-order valence-electron chi connectivity index (χ4n) is 2.00. The zero-order valence-electron chi connectivity index (χ0n) is 14.2. The predicted octanol–water partition coefficient (Wildman–Crippen LogP) is 3.09. The van der Waals surface area contributed by atoms with Crippen LogP contribution in [0.2, 0.25) is 0 Å². The Balaban J connectivity index is 2.04. The van der Waals surface area contributed by atoms with E-state index < -0.39 is 16.6 Å². The van der Waals surface area contributed by atoms with Crippen LogP contribution in [0.4, 0.5) is 8.78 Å². The van der Waals surface area contributed by atoms with Crippen LogP contribution in [0.1, 0.15) is 11.1 Å². The Labute approximate surface area is 150 Å². The SMILES string of the molecule is CN(C)S(=O)(=O)c1cccc(CON=Cc2ccccc2OC(F)F)c1. The summed E-state index contributed by atoms with van der Waals surface area (Å²) in [7, 11) is -0.646. The molecule has 0 saturated heterocycles. The lowest BCUT2D eigenvalue weighted by Gasteiger charge is -2.12. The van der Waals surface area contributed by atoms with E-state index in [4.69, 9.17) is 4.84 Å². The van der Waals surface area contributed by atoms with E-state index >= 15 is 0 Å². The second-order valence-electron chi connectivity index (χ2n) is 5.36. The van der Waals surface area contributed by atoms with E-state index in [1.165, 1.54) is 38.5 Å². The molecule has 0 fully saturated rings. The summed E-state index contributed by atoms with van der Waals surface area (Å²) in [4.78, 5) is 5.27. The number of alkyl halides is 2. The molecule has 140 valence electrons. The number of benzene rings is 2. The van der Waals surface area contributed by atoms with Crippen LogP contribution in [0.3, 0.4) is 0 Å². The van der Waals surface area contributed by atoms with Crippen LogP contribution in [0, 0.1) is 0 Å². The summed E-state index contributed by atoms with van der Waals surface area (Å²) in [5, 5.41) is 3.72. The number of hydrogen-bond donors (Lipinski definition) is 0. The molecule has 6 nitrogen and oxygen atoms in total. The first-order chi connectivity index (χ1) is 12.3. The van der Waals surface area contributed by atoms with Crippen LogP contribution < -0.4 is 4.74 Å². The molecule has 0 bridgehead atoms. The molecule has 0 heterocycles. The second-order valence-corrected chi connectivity index (χ2v) is 7.51. The maximum atomic E-state index is 12.4. The maximum Gasteiger partial charge on any atom is 0.387 e. The predicted molar refractivity (Wildman–Crippen MR) is 92.8 cm³/mol. The number of halogens is 2. The first-order valence-electron chi connectivity index (χ1n) is 7.51. The highest BCUT2D eigenvalue weighted by Crippen LogP contribution is 2.19. The Morgan fingerprint density at radius 3 is 2.58 bits per heavy atom. The van der Waals surface area contributed by atoms with Crippen LogP contribution in [0.5, 0.6) is 5.75 Å². The van der Waals surface area contributed by atoms with Crippen LogP contribution in [0.15, 0.2) is 58.6 Å². The van der Waals surface area contributed by atoms with Gasteiger partial charge in [-0.25, -0.2) is 12.7 Å². The number of nitrogens with zero attached hydrogens (tertiary/aromatic N) is 2. The zero-order valence-corrected chi connectivity index (χ0v) is 15.0. The van der Waals surface area contributed by atoms with Crippen molar-refractivity contribution >= 4 is 16.2 Å². The van der Waals surface area contributed by atoms with E-state index in [2.05, 4.69) is 9.89 Å². The standard InChI is InChI=1S/C17H18F2N2O4S/c1-21(2)26(22,23)15-8-5-6-13(10-15)12-24-20-11-14-7-3-4-9-16(14)25-17(18)19/h3-11,17H,12H2,1-2H3. The van der Waals surface area contributed by atoms with Crippen molar-refractivity contribution in [2.45, 2.75) is 18.1 Å². The van der Waals surface area contributed by atoms with Crippen molar-refractivity contribution in [1.82, 2.24) is 4.31 Å². The average molecular weight is 384 g/mol. The summed E-state index contributed by atoms with van der Waals surface area (Å²) in [6.07, 6.45) is 1.25. The van der Waals surface area contributed by atoms with Gasteiger partial charge in [-0.1, -0.05) is 29.4 Å². The molecule has 0 N–H and O–H groups in total. The van der Waals surface area contributed by atoms with Gasteiger partial charge in [0, 0.05) is 19.7 Å². The molecule has 0 aliphatic heterocycles. The number of para-hydroxylation sites is 1. The zero-order chi connectivity index (χ0) is 19.2. The Bertz CT molecular complexity index is 871. The van der Waals surface area contributed by atoms with Crippen molar-refractivity contribution in [3.8, 4) is 5.75 Å². The van der Waals surface area contributed by atoms with Gasteiger partial charge in [0.15, 0.2) is 0 Å². The van der Waals surface area contributed by atoms with Crippen molar-refractivity contribution < 1.29 is 26.8 Å². The second kappa shape index (κ2) is 8.72. The average Bonchev–Trinajstić information content (AvgIpc) is 2.59. The molecule has 2 aromatic carbocycles. The minimum Gasteiger partial charge on any atom is -0.434 e. The van der Waals surface area contributed by atoms with Crippen molar-refractivity contribution in [3.05, 3.63) is 59.7 Å². The van der Waals surface area contributed by atoms with Crippen molar-refractivity contribution in [2.24, 2.45) is 5.16 Å². The fraction of sp³-hybridized carbons (Fsp3) is 0.235. The lowest BCUT2D eigenvalue weighted by molar-refractivity contribution is -0.0499. The van der Waals surface area contributed by atoms with Crippen molar-refractivity contribution in [3.63, 3.8) is 0 Å². The van der Waals surface area contributed by atoms with E-state index in [9.17, 15) is 17.2 Å². The normalized spacial score (nSPS) is 12.1. The van der Waals surface area contributed by atoms with Gasteiger partial charge in [0.2, 0.25) is 10.0 Å². The van der Waals surface area contributed by atoms with E-state index in [0.717, 1.165) is 4.31 Å².